The van der Waals surface area contributed by atoms with Crippen LogP contribution < -0.4 is 25.7 Å². The van der Waals surface area contributed by atoms with E-state index in [1.165, 1.54) is 6.42 Å². The van der Waals surface area contributed by atoms with Crippen molar-refractivity contribution in [1.82, 2.24) is 10.3 Å². The molecule has 0 bridgehead atoms. The SMILES string of the molecule is Cl.O=C(O)Oc1c(O)c2c([nH]c1=O)-c1ccc(N[C@@H]3CC[C@H]4CNC[C@H]43)cc1OCC2. The van der Waals surface area contributed by atoms with Gasteiger partial charge >= 0.3 is 6.16 Å². The Morgan fingerprint density at radius 1 is 1.26 bits per heavy atom. The van der Waals surface area contributed by atoms with Crippen molar-refractivity contribution in [2.75, 3.05) is 25.0 Å². The number of nitrogens with one attached hydrogen (secondary N) is 3. The van der Waals surface area contributed by atoms with Gasteiger partial charge in [0.25, 0.3) is 5.56 Å². The molecule has 0 radical (unpaired) electrons. The van der Waals surface area contributed by atoms with E-state index in [1.54, 1.807) is 0 Å². The number of aromatic amines is 1. The summed E-state index contributed by atoms with van der Waals surface area (Å²) < 4.78 is 10.4. The van der Waals surface area contributed by atoms with Crippen LogP contribution in [0, 0.1) is 11.8 Å². The first-order valence-electron chi connectivity index (χ1n) is 10.1. The predicted molar refractivity (Wildman–Crippen MR) is 116 cm³/mol. The lowest BCUT2D eigenvalue weighted by Gasteiger charge is -2.21. The topological polar surface area (TPSA) is 133 Å². The molecular weight excluding hydrogens is 426 g/mol. The van der Waals surface area contributed by atoms with Crippen molar-refractivity contribution >= 4 is 24.2 Å². The number of aromatic hydroxyl groups is 1. The number of benzene rings is 1. The van der Waals surface area contributed by atoms with Gasteiger partial charge in [-0.15, -0.1) is 12.4 Å². The number of hydrogen-bond acceptors (Lipinski definition) is 7. The van der Waals surface area contributed by atoms with Gasteiger partial charge in [0, 0.05) is 41.9 Å². The zero-order valence-electron chi connectivity index (χ0n) is 16.6. The number of pyridine rings is 1. The number of aromatic nitrogens is 1. The van der Waals surface area contributed by atoms with Crippen LogP contribution in [0.5, 0.6) is 17.2 Å². The molecule has 1 aromatic carbocycles. The van der Waals surface area contributed by atoms with Gasteiger partial charge in [-0.3, -0.25) is 4.79 Å². The molecule has 3 aliphatic rings. The van der Waals surface area contributed by atoms with E-state index in [-0.39, 0.29) is 19.0 Å². The first-order chi connectivity index (χ1) is 14.5. The van der Waals surface area contributed by atoms with Crippen molar-refractivity contribution in [2.24, 2.45) is 11.8 Å². The molecule has 2 fully saturated rings. The monoisotopic (exact) mass is 449 g/mol. The molecule has 166 valence electrons. The fraction of sp³-hybridized carbons (Fsp3) is 0.429. The molecule has 3 heterocycles. The van der Waals surface area contributed by atoms with Crippen LogP contribution in [0.3, 0.4) is 0 Å². The van der Waals surface area contributed by atoms with E-state index in [0.717, 1.165) is 31.1 Å². The third-order valence-electron chi connectivity index (χ3n) is 6.41. The van der Waals surface area contributed by atoms with Crippen LogP contribution in [0.1, 0.15) is 18.4 Å². The Hall–Kier alpha value is -2.91. The molecular formula is C21H24ClN3O6. The quantitative estimate of drug-likeness (QED) is 0.451. The third-order valence-corrected chi connectivity index (χ3v) is 6.41. The maximum Gasteiger partial charge on any atom is 0.511 e. The van der Waals surface area contributed by atoms with Gasteiger partial charge in [-0.25, -0.2) is 4.79 Å². The Morgan fingerprint density at radius 2 is 2.10 bits per heavy atom. The molecule has 0 amide bonds. The number of fused-ring (bicyclic) bond motifs is 4. The molecule has 1 aliphatic carbocycles. The van der Waals surface area contributed by atoms with Gasteiger partial charge < -0.3 is 35.3 Å². The predicted octanol–water partition coefficient (Wildman–Crippen LogP) is 2.57. The normalized spacial score (nSPS) is 23.4. The van der Waals surface area contributed by atoms with Crippen LogP contribution in [-0.4, -0.2) is 47.1 Å². The summed E-state index contributed by atoms with van der Waals surface area (Å²) in [7, 11) is 0. The Balaban J connectivity index is 0.00000231. The number of carbonyl (C=O) groups is 1. The highest BCUT2D eigenvalue weighted by atomic mass is 35.5. The van der Waals surface area contributed by atoms with E-state index < -0.39 is 23.2 Å². The van der Waals surface area contributed by atoms with E-state index in [9.17, 15) is 14.7 Å². The highest BCUT2D eigenvalue weighted by Gasteiger charge is 2.39. The molecule has 0 spiro atoms. The van der Waals surface area contributed by atoms with Gasteiger partial charge in [0.15, 0.2) is 5.75 Å². The van der Waals surface area contributed by atoms with Crippen LogP contribution >= 0.6 is 12.4 Å². The lowest BCUT2D eigenvalue weighted by atomic mass is 9.97. The zero-order chi connectivity index (χ0) is 20.8. The highest BCUT2D eigenvalue weighted by molar-refractivity contribution is 5.85. The number of rotatable bonds is 3. The summed E-state index contributed by atoms with van der Waals surface area (Å²) in [6, 6.07) is 6.11. The van der Waals surface area contributed by atoms with Crippen molar-refractivity contribution in [3.63, 3.8) is 0 Å². The van der Waals surface area contributed by atoms with Gasteiger partial charge in [0.1, 0.15) is 5.75 Å². The number of hydrogen-bond donors (Lipinski definition) is 5. The summed E-state index contributed by atoms with van der Waals surface area (Å²) in [5.74, 6) is 0.873. The van der Waals surface area contributed by atoms with Crippen molar-refractivity contribution < 1.29 is 24.5 Å². The van der Waals surface area contributed by atoms with E-state index >= 15 is 0 Å². The number of carboxylic acid groups (broad SMARTS) is 1. The van der Waals surface area contributed by atoms with Gasteiger partial charge in [0.05, 0.1) is 12.3 Å². The molecule has 5 rings (SSSR count). The standard InChI is InChI=1S/C21H23N3O6.ClH/c25-18-13-5-6-29-16-7-11(23-15-4-1-10-8-22-9-14(10)15)2-3-12(16)17(13)24-20(26)19(18)30-21(27)28;/h2-3,7,10,14-15,22-23H,1,4-6,8-9H2,(H,27,28)(H2,24,25,26);1H/t10-,14+,15+;/m0./s1. The Bertz CT molecular complexity index is 1070. The minimum atomic E-state index is -1.66. The second kappa shape index (κ2) is 8.32. The van der Waals surface area contributed by atoms with Crippen molar-refractivity contribution in [1.29, 1.82) is 0 Å². The molecule has 1 aromatic heterocycles. The lowest BCUT2D eigenvalue weighted by molar-refractivity contribution is 0.142. The van der Waals surface area contributed by atoms with E-state index in [0.29, 0.717) is 41.0 Å². The van der Waals surface area contributed by atoms with Gasteiger partial charge in [0.2, 0.25) is 5.75 Å². The fourth-order valence-corrected chi connectivity index (χ4v) is 5.01. The molecule has 31 heavy (non-hydrogen) atoms. The van der Waals surface area contributed by atoms with E-state index in [1.807, 2.05) is 18.2 Å². The number of H-pyrrole nitrogens is 1. The molecule has 9 nitrogen and oxygen atoms in total. The highest BCUT2D eigenvalue weighted by Crippen LogP contribution is 2.42. The zero-order valence-corrected chi connectivity index (χ0v) is 17.5. The maximum absolute atomic E-state index is 12.3. The minimum absolute atomic E-state index is 0. The van der Waals surface area contributed by atoms with Crippen molar-refractivity contribution in [3.05, 3.63) is 34.1 Å². The van der Waals surface area contributed by atoms with E-state index in [4.69, 9.17) is 9.84 Å². The average Bonchev–Trinajstić information content (AvgIpc) is 3.27. The summed E-state index contributed by atoms with van der Waals surface area (Å²) >= 11 is 0. The van der Waals surface area contributed by atoms with Crippen LogP contribution in [0.4, 0.5) is 10.5 Å². The Labute approximate surface area is 184 Å². The largest absolute Gasteiger partial charge is 0.511 e. The summed E-state index contributed by atoms with van der Waals surface area (Å²) in [6.07, 6.45) is 1.00. The molecule has 1 saturated heterocycles. The number of halogens is 1. The second-order valence-electron chi connectivity index (χ2n) is 8.07. The Kier molecular flexibility index (Phi) is 5.72. The lowest BCUT2D eigenvalue weighted by Crippen LogP contribution is -2.28. The molecule has 1 saturated carbocycles. The van der Waals surface area contributed by atoms with E-state index in [2.05, 4.69) is 20.4 Å². The first kappa shape index (κ1) is 21.3. The molecule has 2 aromatic rings. The van der Waals surface area contributed by atoms with Crippen LogP contribution in [0.2, 0.25) is 0 Å². The number of anilines is 1. The minimum Gasteiger partial charge on any atom is -0.504 e. The van der Waals surface area contributed by atoms with Crippen LogP contribution in [0.25, 0.3) is 11.3 Å². The molecule has 2 aliphatic heterocycles. The summed E-state index contributed by atoms with van der Waals surface area (Å²) in [6.45, 7) is 2.41. The molecule has 10 heteroatoms. The molecule has 5 N–H and O–H groups in total. The summed E-state index contributed by atoms with van der Waals surface area (Å²) in [4.78, 5) is 25.8. The summed E-state index contributed by atoms with van der Waals surface area (Å²) in [5.41, 5.74) is 1.58. The molecule has 3 atom stereocenters. The number of ether oxygens (including phenoxy) is 2. The van der Waals surface area contributed by atoms with Gasteiger partial charge in [-0.1, -0.05) is 0 Å². The summed E-state index contributed by atoms with van der Waals surface area (Å²) in [5, 5.41) is 26.4. The third kappa shape index (κ3) is 3.79. The molecule has 0 unspecified atom stereocenters. The second-order valence-corrected chi connectivity index (χ2v) is 8.07. The van der Waals surface area contributed by atoms with Crippen molar-refractivity contribution in [3.8, 4) is 28.5 Å². The Morgan fingerprint density at radius 3 is 2.90 bits per heavy atom. The first-order valence-corrected chi connectivity index (χ1v) is 10.1. The maximum atomic E-state index is 12.3. The van der Waals surface area contributed by atoms with Crippen molar-refractivity contribution in [2.45, 2.75) is 25.3 Å². The van der Waals surface area contributed by atoms with Gasteiger partial charge in [-0.05, 0) is 43.4 Å². The fourth-order valence-electron chi connectivity index (χ4n) is 5.01. The average molecular weight is 450 g/mol. The van der Waals surface area contributed by atoms with Gasteiger partial charge in [-0.2, -0.15) is 0 Å². The van der Waals surface area contributed by atoms with Crippen LogP contribution in [-0.2, 0) is 6.42 Å². The smallest absolute Gasteiger partial charge is 0.504 e. The van der Waals surface area contributed by atoms with Crippen LogP contribution in [0.15, 0.2) is 23.0 Å².